The summed E-state index contributed by atoms with van der Waals surface area (Å²) in [7, 11) is 0. The Labute approximate surface area is 49.6 Å². The third-order valence-electron chi connectivity index (χ3n) is 0.423. The molecule has 0 N–H and O–H groups in total. The van der Waals surface area contributed by atoms with E-state index in [1.54, 1.807) is 6.21 Å². The average molecular weight is 115 g/mol. The van der Waals surface area contributed by atoms with Gasteiger partial charge in [-0.15, -0.1) is 12.6 Å². The van der Waals surface area contributed by atoms with Gasteiger partial charge in [-0.25, -0.2) is 0 Å². The predicted octanol–water partition coefficient (Wildman–Crippen LogP) is 1.87. The summed E-state index contributed by atoms with van der Waals surface area (Å²) in [6.45, 7) is 5.47. The summed E-state index contributed by atoms with van der Waals surface area (Å²) in [4.78, 5) is 3.79. The second kappa shape index (κ2) is 3.93. The van der Waals surface area contributed by atoms with E-state index in [2.05, 4.69) is 24.2 Å². The maximum Gasteiger partial charge on any atom is 0.0853 e. The lowest BCUT2D eigenvalue weighted by Crippen LogP contribution is -1.64. The molecular weight excluding hydrogens is 106 g/mol. The average Bonchev–Trinajstić information content (AvgIpc) is 1.61. The van der Waals surface area contributed by atoms with Crippen LogP contribution in [0.25, 0.3) is 0 Å². The number of rotatable bonds is 2. The van der Waals surface area contributed by atoms with Crippen molar-refractivity contribution in [2.75, 3.05) is 0 Å². The van der Waals surface area contributed by atoms with Crippen LogP contribution in [-0.2, 0) is 0 Å². The smallest absolute Gasteiger partial charge is 0.0853 e. The van der Waals surface area contributed by atoms with Crippen molar-refractivity contribution in [3.8, 4) is 0 Å². The number of hydrogen-bond donors (Lipinski definition) is 1. The monoisotopic (exact) mass is 115 g/mol. The third kappa shape index (κ3) is 5.76. The molecule has 0 heterocycles. The lowest BCUT2D eigenvalue weighted by molar-refractivity contribution is 1.31. The molecule has 0 fully saturated rings. The normalized spacial score (nSPS) is 10.0. The van der Waals surface area contributed by atoms with Crippen molar-refractivity contribution in [2.45, 2.75) is 13.3 Å². The molecule has 0 rings (SSSR count). The van der Waals surface area contributed by atoms with E-state index in [1.807, 2.05) is 6.92 Å². The van der Waals surface area contributed by atoms with E-state index >= 15 is 0 Å². The van der Waals surface area contributed by atoms with Crippen LogP contribution < -0.4 is 0 Å². The Morgan fingerprint density at radius 1 is 2.00 bits per heavy atom. The fraction of sp³-hybridized carbons (Fsp3) is 0.400. The number of nitrogens with zero attached hydrogens (tertiary/aromatic N) is 1. The van der Waals surface area contributed by atoms with E-state index < -0.39 is 0 Å². The van der Waals surface area contributed by atoms with Gasteiger partial charge in [0.05, 0.1) is 5.03 Å². The highest BCUT2D eigenvalue weighted by molar-refractivity contribution is 7.84. The van der Waals surface area contributed by atoms with Crippen molar-refractivity contribution in [1.29, 1.82) is 0 Å². The van der Waals surface area contributed by atoms with Gasteiger partial charge in [-0.1, -0.05) is 13.5 Å². The molecule has 0 saturated heterocycles. The molecule has 0 bridgehead atoms. The molecule has 0 aliphatic heterocycles. The van der Waals surface area contributed by atoms with Gasteiger partial charge in [-0.05, 0) is 6.42 Å². The first-order valence-electron chi connectivity index (χ1n) is 2.17. The van der Waals surface area contributed by atoms with E-state index in [0.29, 0.717) is 5.03 Å². The Balaban J connectivity index is 3.26. The molecule has 0 atom stereocenters. The zero-order valence-corrected chi connectivity index (χ0v) is 5.28. The van der Waals surface area contributed by atoms with E-state index in [0.717, 1.165) is 6.42 Å². The molecular formula is C5H9NS. The second-order valence-electron chi connectivity index (χ2n) is 1.14. The molecule has 0 aliphatic rings. The van der Waals surface area contributed by atoms with Crippen LogP contribution in [0.3, 0.4) is 0 Å². The van der Waals surface area contributed by atoms with Gasteiger partial charge >= 0.3 is 0 Å². The van der Waals surface area contributed by atoms with E-state index in [1.165, 1.54) is 0 Å². The lowest BCUT2D eigenvalue weighted by atomic mass is 10.5. The first-order chi connectivity index (χ1) is 3.27. The first kappa shape index (κ1) is 6.76. The van der Waals surface area contributed by atoms with Crippen LogP contribution in [0.4, 0.5) is 0 Å². The Bertz CT molecular complexity index is 86.1. The van der Waals surface area contributed by atoms with Gasteiger partial charge in [-0.2, -0.15) is 0 Å². The number of hydrogen-bond acceptors (Lipinski definition) is 2. The Morgan fingerprint density at radius 2 is 2.57 bits per heavy atom. The minimum absolute atomic E-state index is 0.571. The molecule has 40 valence electrons. The fourth-order valence-corrected chi connectivity index (χ4v) is 0.278. The van der Waals surface area contributed by atoms with Crippen molar-refractivity contribution >= 4 is 18.8 Å². The first-order valence-corrected chi connectivity index (χ1v) is 2.62. The van der Waals surface area contributed by atoms with E-state index in [-0.39, 0.29) is 0 Å². The van der Waals surface area contributed by atoms with Crippen molar-refractivity contribution in [1.82, 2.24) is 0 Å². The van der Waals surface area contributed by atoms with Gasteiger partial charge in [-0.3, -0.25) is 4.99 Å². The molecule has 0 radical (unpaired) electrons. The molecule has 0 spiro atoms. The Kier molecular flexibility index (Phi) is 3.80. The summed E-state index contributed by atoms with van der Waals surface area (Å²) in [5.74, 6) is 0. The minimum atomic E-state index is 0.571. The maximum atomic E-state index is 3.84. The second-order valence-corrected chi connectivity index (χ2v) is 1.65. The summed E-state index contributed by atoms with van der Waals surface area (Å²) >= 11 is 3.84. The Hall–Kier alpha value is -0.240. The fourth-order valence-electron chi connectivity index (χ4n) is 0.197. The van der Waals surface area contributed by atoms with Crippen LogP contribution in [0.1, 0.15) is 13.3 Å². The molecule has 1 nitrogen and oxygen atoms in total. The summed E-state index contributed by atoms with van der Waals surface area (Å²) < 4.78 is 0. The van der Waals surface area contributed by atoms with E-state index in [4.69, 9.17) is 0 Å². The molecule has 0 unspecified atom stereocenters. The number of aliphatic imine (C=N–C) groups is 1. The summed E-state index contributed by atoms with van der Waals surface area (Å²) in [5.41, 5.74) is 0. The van der Waals surface area contributed by atoms with Gasteiger partial charge in [0.25, 0.3) is 0 Å². The standard InChI is InChI=1S/C5H9NS/c1-3-4-6-5(2)7/h4,7H,2-3H2,1H3. The van der Waals surface area contributed by atoms with Gasteiger partial charge in [0.2, 0.25) is 0 Å². The Morgan fingerprint density at radius 3 is 2.71 bits per heavy atom. The molecule has 0 aliphatic carbocycles. The molecule has 2 heteroatoms. The van der Waals surface area contributed by atoms with Crippen LogP contribution in [0.5, 0.6) is 0 Å². The van der Waals surface area contributed by atoms with E-state index in [9.17, 15) is 0 Å². The summed E-state index contributed by atoms with van der Waals surface area (Å²) in [5, 5.41) is 0.571. The zero-order valence-electron chi connectivity index (χ0n) is 4.39. The predicted molar refractivity (Wildman–Crippen MR) is 36.9 cm³/mol. The number of thiol groups is 1. The topological polar surface area (TPSA) is 12.4 Å². The lowest BCUT2D eigenvalue weighted by Gasteiger charge is -1.79. The minimum Gasteiger partial charge on any atom is -0.255 e. The van der Waals surface area contributed by atoms with Gasteiger partial charge in [0.1, 0.15) is 0 Å². The molecule has 0 amide bonds. The van der Waals surface area contributed by atoms with Gasteiger partial charge in [0.15, 0.2) is 0 Å². The molecule has 0 saturated carbocycles. The van der Waals surface area contributed by atoms with Crippen LogP contribution >= 0.6 is 12.6 Å². The van der Waals surface area contributed by atoms with Crippen molar-refractivity contribution in [3.05, 3.63) is 11.6 Å². The van der Waals surface area contributed by atoms with Crippen molar-refractivity contribution in [3.63, 3.8) is 0 Å². The van der Waals surface area contributed by atoms with Crippen LogP contribution in [-0.4, -0.2) is 6.21 Å². The highest BCUT2D eigenvalue weighted by Gasteiger charge is 1.69. The largest absolute Gasteiger partial charge is 0.255 e. The summed E-state index contributed by atoms with van der Waals surface area (Å²) in [6.07, 6.45) is 2.72. The molecule has 0 aromatic rings. The third-order valence-corrected chi connectivity index (χ3v) is 0.538. The van der Waals surface area contributed by atoms with Gasteiger partial charge in [0, 0.05) is 6.21 Å². The molecule has 0 aromatic heterocycles. The zero-order chi connectivity index (χ0) is 5.70. The van der Waals surface area contributed by atoms with Crippen LogP contribution in [0, 0.1) is 0 Å². The quantitative estimate of drug-likeness (QED) is 0.416. The summed E-state index contributed by atoms with van der Waals surface area (Å²) in [6, 6.07) is 0. The van der Waals surface area contributed by atoms with Crippen molar-refractivity contribution in [2.24, 2.45) is 4.99 Å². The van der Waals surface area contributed by atoms with Crippen molar-refractivity contribution < 1.29 is 0 Å². The van der Waals surface area contributed by atoms with Gasteiger partial charge < -0.3 is 0 Å². The molecule has 0 aromatic carbocycles. The maximum absolute atomic E-state index is 3.84. The highest BCUT2D eigenvalue weighted by Crippen LogP contribution is 1.94. The van der Waals surface area contributed by atoms with Crippen LogP contribution in [0.15, 0.2) is 16.6 Å². The van der Waals surface area contributed by atoms with Crippen LogP contribution in [0.2, 0.25) is 0 Å². The molecule has 7 heavy (non-hydrogen) atoms. The highest BCUT2D eigenvalue weighted by atomic mass is 32.1. The SMILES string of the molecule is C=C(S)N=CCC.